The van der Waals surface area contributed by atoms with Crippen LogP contribution in [0.1, 0.15) is 348 Å². The van der Waals surface area contributed by atoms with E-state index in [0.717, 1.165) is 96.3 Å². The van der Waals surface area contributed by atoms with Crippen LogP contribution in [0.4, 0.5) is 0 Å². The lowest BCUT2D eigenvalue weighted by Crippen LogP contribution is -2.30. The summed E-state index contributed by atoms with van der Waals surface area (Å²) in [6.45, 7) is 6.51. The zero-order chi connectivity index (χ0) is 55.0. The number of allylic oxidation sites excluding steroid dienone is 10. The maximum Gasteiger partial charge on any atom is 0.306 e. The lowest BCUT2D eigenvalue weighted by atomic mass is 10.0. The topological polar surface area (TPSA) is 78.9 Å². The van der Waals surface area contributed by atoms with E-state index in [0.29, 0.717) is 19.3 Å². The summed E-state index contributed by atoms with van der Waals surface area (Å²) >= 11 is 0. The second-order valence-electron chi connectivity index (χ2n) is 22.4. The van der Waals surface area contributed by atoms with E-state index >= 15 is 0 Å². The van der Waals surface area contributed by atoms with Crippen molar-refractivity contribution < 1.29 is 28.6 Å². The van der Waals surface area contributed by atoms with Crippen molar-refractivity contribution in [3.63, 3.8) is 0 Å². The highest BCUT2D eigenvalue weighted by atomic mass is 16.6. The largest absolute Gasteiger partial charge is 0.462 e. The van der Waals surface area contributed by atoms with E-state index in [1.54, 1.807) is 0 Å². The zero-order valence-corrected chi connectivity index (χ0v) is 50.8. The second-order valence-corrected chi connectivity index (χ2v) is 22.4. The number of hydrogen-bond acceptors (Lipinski definition) is 6. The molecule has 0 aliphatic carbocycles. The minimum Gasteiger partial charge on any atom is -0.462 e. The first kappa shape index (κ1) is 73.1. The van der Waals surface area contributed by atoms with Crippen LogP contribution < -0.4 is 0 Å². The average molecular weight is 1060 g/mol. The lowest BCUT2D eigenvalue weighted by molar-refractivity contribution is -0.167. The number of ether oxygens (including phenoxy) is 3. The molecule has 0 aliphatic heterocycles. The molecule has 0 fully saturated rings. The third-order valence-corrected chi connectivity index (χ3v) is 14.7. The van der Waals surface area contributed by atoms with Gasteiger partial charge in [-0.3, -0.25) is 14.4 Å². The standard InChI is InChI=1S/C70H126O6/c1-4-7-10-13-16-19-22-24-26-27-28-29-30-31-32-33-34-35-36-37-38-39-40-41-42-43-45-46-48-51-54-57-60-63-69(72)75-66-67(65-74-68(71)62-59-56-53-50-21-18-15-12-9-6-3)76-70(73)64-61-58-55-52-49-47-44-25-23-20-17-14-11-8-5-2/h7,10,12,15-16,19,24,26,28-29,67H,4-6,8-9,11,13-14,17-18,20-23,25,27,30-66H2,1-3H3/b10-7-,15-12-,19-16-,26-24-,29-28-. The first-order valence-corrected chi connectivity index (χ1v) is 33.3. The Hall–Kier alpha value is -2.89. The predicted molar refractivity (Wildman–Crippen MR) is 330 cm³/mol. The normalized spacial score (nSPS) is 12.4. The van der Waals surface area contributed by atoms with Gasteiger partial charge in [0, 0.05) is 19.3 Å². The van der Waals surface area contributed by atoms with Crippen LogP contribution in [0.5, 0.6) is 0 Å². The van der Waals surface area contributed by atoms with Gasteiger partial charge in [-0.15, -0.1) is 0 Å². The van der Waals surface area contributed by atoms with Crippen LogP contribution in [0.15, 0.2) is 60.8 Å². The number of hydrogen-bond donors (Lipinski definition) is 0. The highest BCUT2D eigenvalue weighted by molar-refractivity contribution is 5.71. The van der Waals surface area contributed by atoms with E-state index in [1.807, 2.05) is 0 Å². The predicted octanol–water partition coefficient (Wildman–Crippen LogP) is 22.7. The van der Waals surface area contributed by atoms with E-state index in [9.17, 15) is 14.4 Å². The van der Waals surface area contributed by atoms with Crippen molar-refractivity contribution in [1.29, 1.82) is 0 Å². The smallest absolute Gasteiger partial charge is 0.306 e. The third-order valence-electron chi connectivity index (χ3n) is 14.7. The van der Waals surface area contributed by atoms with Crippen LogP contribution in [0.25, 0.3) is 0 Å². The molecular formula is C70H126O6. The molecule has 0 N–H and O–H groups in total. The Kier molecular flexibility index (Phi) is 62.2. The van der Waals surface area contributed by atoms with Crippen molar-refractivity contribution in [1.82, 2.24) is 0 Å². The van der Waals surface area contributed by atoms with Crippen molar-refractivity contribution in [3.05, 3.63) is 60.8 Å². The third kappa shape index (κ3) is 62.0. The van der Waals surface area contributed by atoms with Gasteiger partial charge in [-0.25, -0.2) is 0 Å². The highest BCUT2D eigenvalue weighted by Gasteiger charge is 2.19. The van der Waals surface area contributed by atoms with Crippen molar-refractivity contribution in [2.75, 3.05) is 13.2 Å². The van der Waals surface area contributed by atoms with Gasteiger partial charge in [-0.2, -0.15) is 0 Å². The Labute approximate surface area is 472 Å². The first-order valence-electron chi connectivity index (χ1n) is 33.3. The minimum atomic E-state index is -0.772. The Morgan fingerprint density at radius 1 is 0.276 bits per heavy atom. The van der Waals surface area contributed by atoms with E-state index in [1.165, 1.54) is 212 Å². The molecule has 0 aliphatic rings. The van der Waals surface area contributed by atoms with Crippen molar-refractivity contribution in [2.24, 2.45) is 0 Å². The van der Waals surface area contributed by atoms with Gasteiger partial charge in [0.05, 0.1) is 0 Å². The molecule has 6 heteroatoms. The van der Waals surface area contributed by atoms with Crippen LogP contribution in [-0.4, -0.2) is 37.2 Å². The Morgan fingerprint density at radius 3 is 0.868 bits per heavy atom. The van der Waals surface area contributed by atoms with Crippen LogP contribution in [-0.2, 0) is 28.6 Å². The molecule has 0 rings (SSSR count). The van der Waals surface area contributed by atoms with E-state index in [2.05, 4.69) is 81.5 Å². The molecule has 0 amide bonds. The van der Waals surface area contributed by atoms with Crippen molar-refractivity contribution >= 4 is 17.9 Å². The summed E-state index contributed by atoms with van der Waals surface area (Å²) in [4.78, 5) is 38.2. The van der Waals surface area contributed by atoms with Crippen molar-refractivity contribution in [3.8, 4) is 0 Å². The molecule has 0 saturated heterocycles. The molecule has 76 heavy (non-hydrogen) atoms. The molecule has 0 spiro atoms. The number of unbranched alkanes of at least 4 members (excludes halogenated alkanes) is 40. The fourth-order valence-electron chi connectivity index (χ4n) is 9.79. The Balaban J connectivity index is 4.04. The van der Waals surface area contributed by atoms with Gasteiger partial charge in [0.2, 0.25) is 0 Å². The van der Waals surface area contributed by atoms with Gasteiger partial charge < -0.3 is 14.2 Å². The summed E-state index contributed by atoms with van der Waals surface area (Å²) in [6.07, 6.45) is 82.6. The van der Waals surface area contributed by atoms with Crippen LogP contribution >= 0.6 is 0 Å². The maximum absolute atomic E-state index is 12.9. The maximum atomic E-state index is 12.9. The summed E-state index contributed by atoms with van der Waals surface area (Å²) in [5.41, 5.74) is 0. The number of carbonyl (C=O) groups is 3. The summed E-state index contributed by atoms with van der Waals surface area (Å²) in [5, 5.41) is 0. The number of carbonyl (C=O) groups excluding carboxylic acids is 3. The van der Waals surface area contributed by atoms with Gasteiger partial charge in [0.15, 0.2) is 6.10 Å². The molecule has 0 bridgehead atoms. The fourth-order valence-corrected chi connectivity index (χ4v) is 9.79. The molecule has 0 aromatic rings. The molecule has 0 heterocycles. The van der Waals surface area contributed by atoms with E-state index in [4.69, 9.17) is 14.2 Å². The highest BCUT2D eigenvalue weighted by Crippen LogP contribution is 2.18. The molecule has 6 nitrogen and oxygen atoms in total. The van der Waals surface area contributed by atoms with Gasteiger partial charge in [-0.1, -0.05) is 313 Å². The Bertz CT molecular complexity index is 1360. The van der Waals surface area contributed by atoms with Gasteiger partial charge in [-0.05, 0) is 77.0 Å². The van der Waals surface area contributed by atoms with Crippen LogP contribution in [0.2, 0.25) is 0 Å². The quantitative estimate of drug-likeness (QED) is 0.0261. The van der Waals surface area contributed by atoms with Gasteiger partial charge in [0.25, 0.3) is 0 Å². The minimum absolute atomic E-state index is 0.0707. The molecule has 0 aromatic carbocycles. The molecule has 442 valence electrons. The SMILES string of the molecule is CC/C=C\C/C=C\C/C=C\C/C=C\CCCCCCCCCCCCCCCCCCCCCCC(=O)OCC(COC(=O)CCCCCCC/C=C\CCC)OC(=O)CCCCCCCCCCCCCCCCC. The average Bonchev–Trinajstić information content (AvgIpc) is 3.42. The second kappa shape index (κ2) is 64.6. The molecule has 1 unspecified atom stereocenters. The van der Waals surface area contributed by atoms with Crippen LogP contribution in [0.3, 0.4) is 0 Å². The number of esters is 3. The van der Waals surface area contributed by atoms with E-state index in [-0.39, 0.29) is 31.1 Å². The molecule has 0 saturated carbocycles. The summed E-state index contributed by atoms with van der Waals surface area (Å²) in [6, 6.07) is 0. The summed E-state index contributed by atoms with van der Waals surface area (Å²) in [5.74, 6) is -0.861. The molecule has 1 atom stereocenters. The fraction of sp³-hybridized carbons (Fsp3) is 0.814. The van der Waals surface area contributed by atoms with Gasteiger partial charge >= 0.3 is 17.9 Å². The lowest BCUT2D eigenvalue weighted by Gasteiger charge is -2.18. The molecule has 0 radical (unpaired) electrons. The Morgan fingerprint density at radius 2 is 0.539 bits per heavy atom. The molecular weight excluding hydrogens is 937 g/mol. The molecule has 0 aromatic heterocycles. The van der Waals surface area contributed by atoms with Crippen LogP contribution in [0, 0.1) is 0 Å². The summed E-state index contributed by atoms with van der Waals surface area (Å²) in [7, 11) is 0. The zero-order valence-electron chi connectivity index (χ0n) is 50.8. The first-order chi connectivity index (χ1) is 37.5. The summed E-state index contributed by atoms with van der Waals surface area (Å²) < 4.78 is 16.9. The van der Waals surface area contributed by atoms with E-state index < -0.39 is 6.10 Å². The van der Waals surface area contributed by atoms with Gasteiger partial charge in [0.1, 0.15) is 13.2 Å². The van der Waals surface area contributed by atoms with Crippen molar-refractivity contribution in [2.45, 2.75) is 354 Å². The monoisotopic (exact) mass is 1060 g/mol. The number of rotatable bonds is 61.